The summed E-state index contributed by atoms with van der Waals surface area (Å²) in [6.07, 6.45) is 0. The summed E-state index contributed by atoms with van der Waals surface area (Å²) in [5.41, 5.74) is 20.1. The highest BCUT2D eigenvalue weighted by Gasteiger charge is 2.37. The summed E-state index contributed by atoms with van der Waals surface area (Å²) in [6.45, 7) is 16.5. The van der Waals surface area contributed by atoms with Crippen molar-refractivity contribution >= 4 is 21.5 Å². The molecular formula is C54H46. The van der Waals surface area contributed by atoms with Crippen LogP contribution >= 0.6 is 0 Å². The molecule has 8 aromatic carbocycles. The first kappa shape index (κ1) is 32.9. The van der Waals surface area contributed by atoms with Gasteiger partial charge in [-0.3, -0.25) is 0 Å². The predicted molar refractivity (Wildman–Crippen MR) is 232 cm³/mol. The minimum atomic E-state index is -0.116. The minimum absolute atomic E-state index is 0.0127. The van der Waals surface area contributed by atoms with Crippen LogP contribution < -0.4 is 0 Å². The standard InChI is InChI=1S/C54H46/c1-52(2,3)51-44-17-10-8-15-42(44)50(43-16-9-11-18-45(43)51)34-22-20-33(21-23-34)35-24-27-40-41-29-26-37(32-49(41)54(6,7)48(40)30-35)36-25-28-39-38-14-12-13-19-46(38)53(4,5)47(39)31-36/h8-32H,1-7H3. The molecule has 0 nitrogen and oxygen atoms in total. The van der Waals surface area contributed by atoms with Crippen molar-refractivity contribution in [3.63, 3.8) is 0 Å². The van der Waals surface area contributed by atoms with Crippen molar-refractivity contribution < 1.29 is 0 Å². The molecule has 0 radical (unpaired) electrons. The first-order valence-corrected chi connectivity index (χ1v) is 19.5. The molecule has 54 heavy (non-hydrogen) atoms. The zero-order valence-electron chi connectivity index (χ0n) is 32.4. The van der Waals surface area contributed by atoms with Crippen LogP contribution in [-0.2, 0) is 16.2 Å². The molecule has 2 aliphatic carbocycles. The first-order chi connectivity index (χ1) is 25.9. The van der Waals surface area contributed by atoms with Gasteiger partial charge in [-0.15, -0.1) is 0 Å². The Morgan fingerprint density at radius 3 is 1.17 bits per heavy atom. The van der Waals surface area contributed by atoms with Crippen molar-refractivity contribution in [2.45, 2.75) is 64.7 Å². The van der Waals surface area contributed by atoms with Crippen LogP contribution in [0.5, 0.6) is 0 Å². The van der Waals surface area contributed by atoms with Gasteiger partial charge in [0.15, 0.2) is 0 Å². The van der Waals surface area contributed by atoms with Crippen LogP contribution in [0, 0.1) is 0 Å². The molecule has 0 amide bonds. The van der Waals surface area contributed by atoms with Crippen molar-refractivity contribution in [3.05, 3.63) is 179 Å². The Bertz CT molecular complexity index is 2780. The van der Waals surface area contributed by atoms with Crippen LogP contribution in [0.2, 0.25) is 0 Å². The van der Waals surface area contributed by atoms with Crippen LogP contribution in [0.1, 0.15) is 76.3 Å². The maximum atomic E-state index is 2.46. The van der Waals surface area contributed by atoms with E-state index in [0.29, 0.717) is 0 Å². The van der Waals surface area contributed by atoms with Gasteiger partial charge in [0.1, 0.15) is 0 Å². The first-order valence-electron chi connectivity index (χ1n) is 19.5. The average Bonchev–Trinajstić information content (AvgIpc) is 3.55. The van der Waals surface area contributed by atoms with Gasteiger partial charge in [0.05, 0.1) is 0 Å². The maximum absolute atomic E-state index is 2.46. The lowest BCUT2D eigenvalue weighted by atomic mass is 9.78. The van der Waals surface area contributed by atoms with Crippen molar-refractivity contribution in [1.29, 1.82) is 0 Å². The summed E-state index contributed by atoms with van der Waals surface area (Å²) in [4.78, 5) is 0. The fourth-order valence-electron chi connectivity index (χ4n) is 10.1. The summed E-state index contributed by atoms with van der Waals surface area (Å²) in [5, 5.41) is 5.33. The summed E-state index contributed by atoms with van der Waals surface area (Å²) in [5.74, 6) is 0. The smallest absolute Gasteiger partial charge is 0.0159 e. The maximum Gasteiger partial charge on any atom is 0.0159 e. The normalized spacial score (nSPS) is 14.9. The molecule has 0 bridgehead atoms. The lowest BCUT2D eigenvalue weighted by Crippen LogP contribution is -2.15. The molecule has 2 aliphatic rings. The second-order valence-electron chi connectivity index (χ2n) is 17.7. The third kappa shape index (κ3) is 4.69. The van der Waals surface area contributed by atoms with Crippen LogP contribution in [0.3, 0.4) is 0 Å². The van der Waals surface area contributed by atoms with Gasteiger partial charge in [-0.2, -0.15) is 0 Å². The lowest BCUT2D eigenvalue weighted by molar-refractivity contribution is 0.601. The van der Waals surface area contributed by atoms with Crippen LogP contribution in [-0.4, -0.2) is 0 Å². The third-order valence-electron chi connectivity index (χ3n) is 12.8. The quantitative estimate of drug-likeness (QED) is 0.162. The van der Waals surface area contributed by atoms with Gasteiger partial charge in [-0.05, 0) is 129 Å². The average molecular weight is 695 g/mol. The van der Waals surface area contributed by atoms with Gasteiger partial charge in [0.2, 0.25) is 0 Å². The van der Waals surface area contributed by atoms with E-state index in [1.165, 1.54) is 105 Å². The Balaban J connectivity index is 1.01. The second kappa shape index (κ2) is 11.4. The molecule has 0 fully saturated rings. The molecule has 0 unspecified atom stereocenters. The van der Waals surface area contributed by atoms with E-state index in [0.717, 1.165) is 0 Å². The molecule has 0 N–H and O–H groups in total. The SMILES string of the molecule is CC(C)(C)c1c2ccccc2c(-c2ccc(-c3ccc4c(c3)C(C)(C)c3cc(-c5ccc6c(c5)C(C)(C)c5ccccc5-6)ccc3-4)cc2)c2ccccc12. The molecular weight excluding hydrogens is 649 g/mol. The van der Waals surface area contributed by atoms with Crippen molar-refractivity contribution in [1.82, 2.24) is 0 Å². The molecule has 0 heterocycles. The monoisotopic (exact) mass is 694 g/mol. The molecule has 0 saturated heterocycles. The zero-order valence-corrected chi connectivity index (χ0v) is 32.4. The number of rotatable bonds is 3. The number of fused-ring (bicyclic) bond motifs is 8. The molecule has 262 valence electrons. The van der Waals surface area contributed by atoms with Gasteiger partial charge < -0.3 is 0 Å². The van der Waals surface area contributed by atoms with Crippen molar-refractivity contribution in [2.75, 3.05) is 0 Å². The second-order valence-corrected chi connectivity index (χ2v) is 17.7. The Kier molecular flexibility index (Phi) is 6.94. The van der Waals surface area contributed by atoms with E-state index in [1.807, 2.05) is 0 Å². The Morgan fingerprint density at radius 1 is 0.333 bits per heavy atom. The summed E-state index contributed by atoms with van der Waals surface area (Å²) in [7, 11) is 0. The highest BCUT2D eigenvalue weighted by Crippen LogP contribution is 2.53. The van der Waals surface area contributed by atoms with Gasteiger partial charge in [0.25, 0.3) is 0 Å². The Morgan fingerprint density at radius 2 is 0.685 bits per heavy atom. The zero-order chi connectivity index (χ0) is 37.1. The van der Waals surface area contributed by atoms with E-state index < -0.39 is 0 Å². The Labute approximate surface area is 320 Å². The van der Waals surface area contributed by atoms with Gasteiger partial charge in [0, 0.05) is 10.8 Å². The van der Waals surface area contributed by atoms with E-state index in [4.69, 9.17) is 0 Å². The van der Waals surface area contributed by atoms with E-state index in [9.17, 15) is 0 Å². The van der Waals surface area contributed by atoms with E-state index >= 15 is 0 Å². The van der Waals surface area contributed by atoms with Crippen LogP contribution in [0.15, 0.2) is 152 Å². The molecule has 0 spiro atoms. The van der Waals surface area contributed by atoms with Gasteiger partial charge in [-0.25, -0.2) is 0 Å². The largest absolute Gasteiger partial charge is 0.0619 e. The molecule has 0 atom stereocenters. The fourth-order valence-corrected chi connectivity index (χ4v) is 10.1. The molecule has 0 aliphatic heterocycles. The minimum Gasteiger partial charge on any atom is -0.0619 e. The molecule has 10 rings (SSSR count). The Hall–Kier alpha value is -5.72. The van der Waals surface area contributed by atoms with Crippen LogP contribution in [0.4, 0.5) is 0 Å². The van der Waals surface area contributed by atoms with E-state index in [-0.39, 0.29) is 16.2 Å². The topological polar surface area (TPSA) is 0 Å². The fraction of sp³-hybridized carbons (Fsp3) is 0.185. The molecule has 0 saturated carbocycles. The summed E-state index contributed by atoms with van der Waals surface area (Å²) < 4.78 is 0. The van der Waals surface area contributed by atoms with E-state index in [1.54, 1.807) is 0 Å². The van der Waals surface area contributed by atoms with Crippen LogP contribution in [0.25, 0.3) is 77.2 Å². The molecule has 0 heteroatoms. The molecule has 8 aromatic rings. The summed E-state index contributed by atoms with van der Waals surface area (Å²) >= 11 is 0. The number of hydrogen-bond donors (Lipinski definition) is 0. The summed E-state index contributed by atoms with van der Waals surface area (Å²) in [6, 6.07) is 57.5. The lowest BCUT2D eigenvalue weighted by Gasteiger charge is -2.26. The third-order valence-corrected chi connectivity index (χ3v) is 12.8. The van der Waals surface area contributed by atoms with Crippen molar-refractivity contribution in [2.24, 2.45) is 0 Å². The van der Waals surface area contributed by atoms with E-state index in [2.05, 4.69) is 200 Å². The van der Waals surface area contributed by atoms with Gasteiger partial charge >= 0.3 is 0 Å². The highest BCUT2D eigenvalue weighted by molar-refractivity contribution is 6.15. The number of hydrogen-bond acceptors (Lipinski definition) is 0. The van der Waals surface area contributed by atoms with Gasteiger partial charge in [-0.1, -0.05) is 182 Å². The van der Waals surface area contributed by atoms with Crippen molar-refractivity contribution in [3.8, 4) is 55.6 Å². The number of benzene rings is 8. The highest BCUT2D eigenvalue weighted by atomic mass is 14.4. The molecule has 0 aromatic heterocycles. The predicted octanol–water partition coefficient (Wildman–Crippen LogP) is 14.9.